The zero-order chi connectivity index (χ0) is 13.0. The Kier molecular flexibility index (Phi) is 4.72. The van der Waals surface area contributed by atoms with Crippen molar-refractivity contribution in [3.05, 3.63) is 22.7 Å². The molecule has 0 spiro atoms. The van der Waals surface area contributed by atoms with Gasteiger partial charge in [-0.05, 0) is 49.3 Å². The summed E-state index contributed by atoms with van der Waals surface area (Å²) >= 11 is 6.23. The first-order valence-electron chi connectivity index (χ1n) is 6.34. The first-order valence-corrected chi connectivity index (χ1v) is 6.72. The number of halogens is 1. The molecule has 0 radical (unpaired) electrons. The van der Waals surface area contributed by atoms with Gasteiger partial charge in [0.1, 0.15) is 0 Å². The fourth-order valence-corrected chi connectivity index (χ4v) is 2.11. The molecular weight excluding hydrogens is 252 g/mol. The van der Waals surface area contributed by atoms with E-state index in [1.54, 1.807) is 7.11 Å². The minimum atomic E-state index is 0.180. The number of hydrogen-bond acceptors (Lipinski definition) is 3. The lowest BCUT2D eigenvalue weighted by atomic mass is 10.1. The Morgan fingerprint density at radius 3 is 2.78 bits per heavy atom. The molecule has 0 heterocycles. The van der Waals surface area contributed by atoms with Gasteiger partial charge in [-0.1, -0.05) is 11.6 Å². The first-order chi connectivity index (χ1) is 8.74. The molecule has 1 aromatic rings. The molecule has 3 nitrogen and oxygen atoms in total. The molecule has 0 bridgehead atoms. The lowest BCUT2D eigenvalue weighted by Crippen LogP contribution is -2.02. The van der Waals surface area contributed by atoms with Crippen molar-refractivity contribution < 1.29 is 14.6 Å². The normalized spacial score (nSPS) is 14.6. The number of aryl methyl sites for hydroxylation is 1. The van der Waals surface area contributed by atoms with E-state index in [2.05, 4.69) is 0 Å². The van der Waals surface area contributed by atoms with Gasteiger partial charge in [0, 0.05) is 6.61 Å². The summed E-state index contributed by atoms with van der Waals surface area (Å²) in [5, 5.41) is 9.43. The third-order valence-corrected chi connectivity index (χ3v) is 3.35. The van der Waals surface area contributed by atoms with E-state index < -0.39 is 0 Å². The van der Waals surface area contributed by atoms with Crippen molar-refractivity contribution in [1.29, 1.82) is 0 Å². The summed E-state index contributed by atoms with van der Waals surface area (Å²) < 4.78 is 11.1. The van der Waals surface area contributed by atoms with Crippen LogP contribution < -0.4 is 9.47 Å². The number of ether oxygens (including phenoxy) is 2. The molecule has 100 valence electrons. The van der Waals surface area contributed by atoms with Crippen molar-refractivity contribution in [2.75, 3.05) is 20.3 Å². The molecule has 0 saturated heterocycles. The summed E-state index contributed by atoms with van der Waals surface area (Å²) in [5.41, 5.74) is 1.06. The summed E-state index contributed by atoms with van der Waals surface area (Å²) in [4.78, 5) is 0. The van der Waals surface area contributed by atoms with Crippen LogP contribution in [0, 0.1) is 5.92 Å². The van der Waals surface area contributed by atoms with Gasteiger partial charge in [0.25, 0.3) is 0 Å². The van der Waals surface area contributed by atoms with Gasteiger partial charge in [0.2, 0.25) is 0 Å². The van der Waals surface area contributed by atoms with E-state index in [4.69, 9.17) is 26.2 Å². The highest BCUT2D eigenvalue weighted by Gasteiger charge is 2.23. The zero-order valence-electron chi connectivity index (χ0n) is 10.6. The molecule has 0 amide bonds. The minimum absolute atomic E-state index is 0.180. The van der Waals surface area contributed by atoms with Gasteiger partial charge < -0.3 is 14.6 Å². The fraction of sp³-hybridized carbons (Fsp3) is 0.571. The van der Waals surface area contributed by atoms with Crippen LogP contribution in [0.2, 0.25) is 5.02 Å². The highest BCUT2D eigenvalue weighted by atomic mass is 35.5. The maximum Gasteiger partial charge on any atom is 0.179 e. The molecule has 18 heavy (non-hydrogen) atoms. The second-order valence-electron chi connectivity index (χ2n) is 4.69. The molecule has 4 heteroatoms. The van der Waals surface area contributed by atoms with Crippen LogP contribution in [0.5, 0.6) is 11.5 Å². The van der Waals surface area contributed by atoms with Crippen LogP contribution in [-0.4, -0.2) is 25.4 Å². The maximum absolute atomic E-state index is 8.84. The molecule has 0 unspecified atom stereocenters. The summed E-state index contributed by atoms with van der Waals surface area (Å²) in [6.45, 7) is 0.895. The second kappa shape index (κ2) is 6.30. The molecule has 1 aliphatic carbocycles. The highest BCUT2D eigenvalue weighted by Crippen LogP contribution is 2.38. The first kappa shape index (κ1) is 13.5. The fourth-order valence-electron chi connectivity index (χ4n) is 1.83. The lowest BCUT2D eigenvalue weighted by Gasteiger charge is -2.14. The molecule has 1 N–H and O–H groups in total. The van der Waals surface area contributed by atoms with Gasteiger partial charge >= 0.3 is 0 Å². The Bertz CT molecular complexity index is 402. The van der Waals surface area contributed by atoms with Crippen molar-refractivity contribution >= 4 is 11.6 Å². The Balaban J connectivity index is 2.11. The molecule has 0 aromatic heterocycles. The van der Waals surface area contributed by atoms with E-state index in [0.717, 1.165) is 18.4 Å². The zero-order valence-corrected chi connectivity index (χ0v) is 11.4. The number of hydrogen-bond donors (Lipinski definition) is 1. The van der Waals surface area contributed by atoms with E-state index in [-0.39, 0.29) is 6.61 Å². The van der Waals surface area contributed by atoms with Crippen molar-refractivity contribution in [1.82, 2.24) is 0 Å². The van der Waals surface area contributed by atoms with Crippen LogP contribution in [0.1, 0.15) is 24.8 Å². The molecule has 1 aromatic carbocycles. The number of rotatable bonds is 7. The Hall–Kier alpha value is -0.930. The van der Waals surface area contributed by atoms with Crippen molar-refractivity contribution in [3.63, 3.8) is 0 Å². The lowest BCUT2D eigenvalue weighted by molar-refractivity contribution is 0.279. The van der Waals surface area contributed by atoms with Crippen LogP contribution >= 0.6 is 11.6 Å². The number of benzene rings is 1. The molecular formula is C14H19ClO3. The Morgan fingerprint density at radius 1 is 1.39 bits per heavy atom. The van der Waals surface area contributed by atoms with E-state index >= 15 is 0 Å². The summed E-state index contributed by atoms with van der Waals surface area (Å²) in [6, 6.07) is 3.83. The predicted octanol–water partition coefficient (Wildman–Crippen LogP) is 3.06. The van der Waals surface area contributed by atoms with E-state index in [1.165, 1.54) is 12.8 Å². The van der Waals surface area contributed by atoms with Gasteiger partial charge in [-0.15, -0.1) is 0 Å². The maximum atomic E-state index is 8.84. The molecule has 1 saturated carbocycles. The van der Waals surface area contributed by atoms with Crippen LogP contribution in [-0.2, 0) is 6.42 Å². The standard InChI is InChI=1S/C14H19ClO3/c1-17-13-8-11(3-2-6-16)7-12(15)14(13)18-9-10-4-5-10/h7-8,10,16H,2-6,9H2,1H3. The highest BCUT2D eigenvalue weighted by molar-refractivity contribution is 6.32. The Morgan fingerprint density at radius 2 is 2.17 bits per heavy atom. The van der Waals surface area contributed by atoms with Gasteiger partial charge in [0.15, 0.2) is 11.5 Å². The van der Waals surface area contributed by atoms with Crippen LogP contribution in [0.4, 0.5) is 0 Å². The summed E-state index contributed by atoms with van der Waals surface area (Å²) in [7, 11) is 1.62. The molecule has 2 rings (SSSR count). The van der Waals surface area contributed by atoms with Crippen LogP contribution in [0.15, 0.2) is 12.1 Å². The smallest absolute Gasteiger partial charge is 0.179 e. The van der Waals surface area contributed by atoms with E-state index in [0.29, 0.717) is 29.0 Å². The van der Waals surface area contributed by atoms with Crippen molar-refractivity contribution in [3.8, 4) is 11.5 Å². The van der Waals surface area contributed by atoms with Crippen molar-refractivity contribution in [2.24, 2.45) is 5.92 Å². The molecule has 1 fully saturated rings. The number of methoxy groups -OCH3 is 1. The van der Waals surface area contributed by atoms with Crippen molar-refractivity contribution in [2.45, 2.75) is 25.7 Å². The quantitative estimate of drug-likeness (QED) is 0.828. The second-order valence-corrected chi connectivity index (χ2v) is 5.10. The van der Waals surface area contributed by atoms with E-state index in [9.17, 15) is 0 Å². The van der Waals surface area contributed by atoms with Gasteiger partial charge in [-0.2, -0.15) is 0 Å². The van der Waals surface area contributed by atoms with Crippen LogP contribution in [0.3, 0.4) is 0 Å². The number of aliphatic hydroxyl groups excluding tert-OH is 1. The summed E-state index contributed by atoms with van der Waals surface area (Å²) in [6.07, 6.45) is 4.00. The molecule has 0 atom stereocenters. The number of aliphatic hydroxyl groups is 1. The van der Waals surface area contributed by atoms with E-state index in [1.807, 2.05) is 12.1 Å². The predicted molar refractivity (Wildman–Crippen MR) is 71.6 cm³/mol. The van der Waals surface area contributed by atoms with Gasteiger partial charge in [-0.3, -0.25) is 0 Å². The molecule has 1 aliphatic rings. The van der Waals surface area contributed by atoms with Gasteiger partial charge in [0.05, 0.1) is 18.7 Å². The minimum Gasteiger partial charge on any atom is -0.493 e. The third-order valence-electron chi connectivity index (χ3n) is 3.07. The average Bonchev–Trinajstić information content (AvgIpc) is 3.18. The average molecular weight is 271 g/mol. The Labute approximate surface area is 113 Å². The summed E-state index contributed by atoms with van der Waals surface area (Å²) in [5.74, 6) is 2.00. The largest absolute Gasteiger partial charge is 0.493 e. The molecule has 0 aliphatic heterocycles. The van der Waals surface area contributed by atoms with Gasteiger partial charge in [-0.25, -0.2) is 0 Å². The topological polar surface area (TPSA) is 38.7 Å². The third kappa shape index (κ3) is 3.53. The van der Waals surface area contributed by atoms with Crippen LogP contribution in [0.25, 0.3) is 0 Å². The monoisotopic (exact) mass is 270 g/mol. The SMILES string of the molecule is COc1cc(CCCO)cc(Cl)c1OCC1CC1.